The molecule has 0 bridgehead atoms. The summed E-state index contributed by atoms with van der Waals surface area (Å²) in [5.41, 5.74) is 0.0444. The Kier molecular flexibility index (Phi) is 7.38. The summed E-state index contributed by atoms with van der Waals surface area (Å²) in [4.78, 5) is 12.3. The number of hydrogen-bond donors (Lipinski definition) is 2. The highest BCUT2D eigenvalue weighted by atomic mass is 32.2. The van der Waals surface area contributed by atoms with E-state index in [-0.39, 0.29) is 16.2 Å². The Morgan fingerprint density at radius 1 is 1.20 bits per heavy atom. The van der Waals surface area contributed by atoms with E-state index in [9.17, 15) is 4.79 Å². The van der Waals surface area contributed by atoms with Crippen molar-refractivity contribution in [2.24, 2.45) is 0 Å². The normalized spacial score (nSPS) is 18.8. The molecule has 1 fully saturated rings. The average molecular weight is 301 g/mol. The van der Waals surface area contributed by atoms with E-state index in [0.29, 0.717) is 6.42 Å². The van der Waals surface area contributed by atoms with Crippen molar-refractivity contribution < 1.29 is 4.79 Å². The van der Waals surface area contributed by atoms with Gasteiger partial charge in [-0.15, -0.1) is 0 Å². The van der Waals surface area contributed by atoms with E-state index in [1.165, 1.54) is 19.3 Å². The van der Waals surface area contributed by atoms with Crippen molar-refractivity contribution in [3.63, 3.8) is 0 Å². The predicted octanol–water partition coefficient (Wildman–Crippen LogP) is 3.34. The minimum absolute atomic E-state index is 0.0444. The molecule has 1 aliphatic carbocycles. The molecule has 0 atom stereocenters. The molecule has 0 saturated heterocycles. The second-order valence-electron chi connectivity index (χ2n) is 6.14. The van der Waals surface area contributed by atoms with Crippen molar-refractivity contribution in [1.29, 1.82) is 0 Å². The standard InChI is InChI=1S/C16H32N2OS/c1-5-16(6-2,20-4)13-18-14(19)12-15(17-3)10-8-7-9-11-15/h17H,5-13H2,1-4H3,(H,18,19). The fourth-order valence-electron chi connectivity index (χ4n) is 3.23. The summed E-state index contributed by atoms with van der Waals surface area (Å²) in [5.74, 6) is 0.210. The summed E-state index contributed by atoms with van der Waals surface area (Å²) in [6, 6.07) is 0. The van der Waals surface area contributed by atoms with Crippen molar-refractivity contribution in [2.75, 3.05) is 19.8 Å². The van der Waals surface area contributed by atoms with Gasteiger partial charge >= 0.3 is 0 Å². The second kappa shape index (κ2) is 8.28. The lowest BCUT2D eigenvalue weighted by Crippen LogP contribution is -2.49. The maximum Gasteiger partial charge on any atom is 0.221 e. The summed E-state index contributed by atoms with van der Waals surface area (Å²) >= 11 is 1.88. The second-order valence-corrected chi connectivity index (χ2v) is 7.41. The molecule has 3 nitrogen and oxygen atoms in total. The molecule has 20 heavy (non-hydrogen) atoms. The van der Waals surface area contributed by atoms with E-state index in [1.807, 2.05) is 18.8 Å². The van der Waals surface area contributed by atoms with E-state index in [0.717, 1.165) is 32.2 Å². The largest absolute Gasteiger partial charge is 0.355 e. The highest BCUT2D eigenvalue weighted by Gasteiger charge is 2.33. The summed E-state index contributed by atoms with van der Waals surface area (Å²) in [6.07, 6.45) is 11.0. The van der Waals surface area contributed by atoms with Gasteiger partial charge in [-0.3, -0.25) is 4.79 Å². The molecular weight excluding hydrogens is 268 g/mol. The highest BCUT2D eigenvalue weighted by Crippen LogP contribution is 2.32. The molecule has 0 aromatic rings. The zero-order valence-corrected chi connectivity index (χ0v) is 14.5. The summed E-state index contributed by atoms with van der Waals surface area (Å²) < 4.78 is 0.203. The third-order valence-electron chi connectivity index (χ3n) is 5.17. The van der Waals surface area contributed by atoms with Crippen molar-refractivity contribution >= 4 is 17.7 Å². The Labute approximate surface area is 129 Å². The van der Waals surface area contributed by atoms with Crippen LogP contribution >= 0.6 is 11.8 Å². The van der Waals surface area contributed by atoms with Gasteiger partial charge in [0.25, 0.3) is 0 Å². The molecule has 0 aliphatic heterocycles. The van der Waals surface area contributed by atoms with Gasteiger partial charge in [0.05, 0.1) is 0 Å². The zero-order valence-electron chi connectivity index (χ0n) is 13.7. The van der Waals surface area contributed by atoms with Crippen LogP contribution in [0.2, 0.25) is 0 Å². The van der Waals surface area contributed by atoms with Gasteiger partial charge in [-0.25, -0.2) is 0 Å². The minimum atomic E-state index is 0.0444. The van der Waals surface area contributed by atoms with E-state index in [2.05, 4.69) is 30.7 Å². The molecule has 0 unspecified atom stereocenters. The zero-order chi connectivity index (χ0) is 15.1. The van der Waals surface area contributed by atoms with Crippen LogP contribution in [0, 0.1) is 0 Å². The average Bonchev–Trinajstić information content (AvgIpc) is 2.50. The molecule has 1 aliphatic rings. The number of nitrogens with one attached hydrogen (secondary N) is 2. The molecule has 0 spiro atoms. The first-order chi connectivity index (χ1) is 9.55. The molecule has 1 amide bonds. The van der Waals surface area contributed by atoms with Crippen LogP contribution in [0.3, 0.4) is 0 Å². The number of rotatable bonds is 8. The maximum absolute atomic E-state index is 12.3. The van der Waals surface area contributed by atoms with Gasteiger partial charge in [-0.1, -0.05) is 33.1 Å². The predicted molar refractivity (Wildman–Crippen MR) is 89.3 cm³/mol. The number of thioether (sulfide) groups is 1. The van der Waals surface area contributed by atoms with E-state index < -0.39 is 0 Å². The van der Waals surface area contributed by atoms with Crippen molar-refractivity contribution in [2.45, 2.75) is 75.5 Å². The number of carbonyl (C=O) groups is 1. The molecule has 0 heterocycles. The third-order valence-corrected chi connectivity index (χ3v) is 6.76. The first kappa shape index (κ1) is 17.8. The fourth-order valence-corrected chi connectivity index (χ4v) is 4.03. The Hall–Kier alpha value is -0.220. The van der Waals surface area contributed by atoms with Crippen LogP contribution in [-0.2, 0) is 4.79 Å². The Balaban J connectivity index is 2.50. The van der Waals surface area contributed by atoms with Crippen LogP contribution in [0.25, 0.3) is 0 Å². The lowest BCUT2D eigenvalue weighted by Gasteiger charge is -2.37. The summed E-state index contributed by atoms with van der Waals surface area (Å²) in [5, 5.41) is 6.60. The third kappa shape index (κ3) is 4.66. The fraction of sp³-hybridized carbons (Fsp3) is 0.938. The maximum atomic E-state index is 12.3. The smallest absolute Gasteiger partial charge is 0.221 e. The van der Waals surface area contributed by atoms with Crippen molar-refractivity contribution in [3.05, 3.63) is 0 Å². The van der Waals surface area contributed by atoms with Crippen LogP contribution in [-0.4, -0.2) is 36.0 Å². The molecule has 118 valence electrons. The lowest BCUT2D eigenvalue weighted by atomic mass is 9.79. The number of hydrogen-bond acceptors (Lipinski definition) is 3. The molecule has 0 radical (unpaired) electrons. The van der Waals surface area contributed by atoms with Gasteiger partial charge in [0.2, 0.25) is 5.91 Å². The molecular formula is C16H32N2OS. The molecule has 4 heteroatoms. The van der Waals surface area contributed by atoms with E-state index in [4.69, 9.17) is 0 Å². The van der Waals surface area contributed by atoms with Crippen LogP contribution in [0.15, 0.2) is 0 Å². The number of carbonyl (C=O) groups excluding carboxylic acids is 1. The Bertz CT molecular complexity index is 289. The first-order valence-corrected chi connectivity index (χ1v) is 9.28. The number of amides is 1. The highest BCUT2D eigenvalue weighted by molar-refractivity contribution is 8.00. The Morgan fingerprint density at radius 3 is 2.25 bits per heavy atom. The van der Waals surface area contributed by atoms with Gasteiger partial charge in [-0.05, 0) is 39.0 Å². The van der Waals surface area contributed by atoms with Gasteiger partial charge < -0.3 is 10.6 Å². The molecule has 0 aromatic heterocycles. The van der Waals surface area contributed by atoms with Gasteiger partial charge in [0.1, 0.15) is 0 Å². The van der Waals surface area contributed by atoms with Crippen LogP contribution < -0.4 is 10.6 Å². The van der Waals surface area contributed by atoms with Gasteiger partial charge in [-0.2, -0.15) is 11.8 Å². The van der Waals surface area contributed by atoms with Crippen molar-refractivity contribution in [3.8, 4) is 0 Å². The van der Waals surface area contributed by atoms with E-state index >= 15 is 0 Å². The summed E-state index contributed by atoms with van der Waals surface area (Å²) in [6.45, 7) is 5.21. The van der Waals surface area contributed by atoms with Gasteiger partial charge in [0.15, 0.2) is 0 Å². The molecule has 1 rings (SSSR count). The first-order valence-electron chi connectivity index (χ1n) is 8.06. The monoisotopic (exact) mass is 300 g/mol. The lowest BCUT2D eigenvalue weighted by molar-refractivity contribution is -0.123. The van der Waals surface area contributed by atoms with Crippen LogP contribution in [0.5, 0.6) is 0 Å². The molecule has 1 saturated carbocycles. The van der Waals surface area contributed by atoms with Gasteiger partial charge in [0, 0.05) is 23.3 Å². The quantitative estimate of drug-likeness (QED) is 0.722. The van der Waals surface area contributed by atoms with Crippen LogP contribution in [0.4, 0.5) is 0 Å². The minimum Gasteiger partial charge on any atom is -0.355 e. The Morgan fingerprint density at radius 2 is 1.80 bits per heavy atom. The SMILES string of the molecule is CCC(CC)(CNC(=O)CC1(NC)CCCCC1)SC. The van der Waals surface area contributed by atoms with E-state index in [1.54, 1.807) is 0 Å². The van der Waals surface area contributed by atoms with Crippen LogP contribution in [0.1, 0.15) is 65.2 Å². The van der Waals surface area contributed by atoms with Crippen molar-refractivity contribution in [1.82, 2.24) is 10.6 Å². The molecule has 0 aromatic carbocycles. The topological polar surface area (TPSA) is 41.1 Å². The molecule has 2 N–H and O–H groups in total. The summed E-state index contributed by atoms with van der Waals surface area (Å²) in [7, 11) is 2.00.